The van der Waals surface area contributed by atoms with E-state index in [1.165, 1.54) is 16.7 Å². The first-order valence-electron chi connectivity index (χ1n) is 11.2. The van der Waals surface area contributed by atoms with Gasteiger partial charge in [-0.3, -0.25) is 9.69 Å². The minimum absolute atomic E-state index is 0.0429. The van der Waals surface area contributed by atoms with E-state index in [0.29, 0.717) is 0 Å². The van der Waals surface area contributed by atoms with Gasteiger partial charge in [0.05, 0.1) is 19.8 Å². The lowest BCUT2D eigenvalue weighted by Gasteiger charge is -2.26. The summed E-state index contributed by atoms with van der Waals surface area (Å²) >= 11 is 0. The lowest BCUT2D eigenvalue weighted by atomic mass is 10.0. The van der Waals surface area contributed by atoms with Gasteiger partial charge in [-0.2, -0.15) is 0 Å². The summed E-state index contributed by atoms with van der Waals surface area (Å²) in [6.07, 6.45) is 0. The van der Waals surface area contributed by atoms with Gasteiger partial charge in [0.1, 0.15) is 0 Å². The van der Waals surface area contributed by atoms with Gasteiger partial charge < -0.3 is 15.4 Å². The summed E-state index contributed by atoms with van der Waals surface area (Å²) in [4.78, 5) is 14.8. The van der Waals surface area contributed by atoms with Gasteiger partial charge in [-0.25, -0.2) is 0 Å². The Morgan fingerprint density at radius 2 is 1.56 bits per heavy atom. The second kappa shape index (κ2) is 11.0. The van der Waals surface area contributed by atoms with Crippen molar-refractivity contribution in [2.75, 3.05) is 38.2 Å². The van der Waals surface area contributed by atoms with Crippen LogP contribution in [-0.2, 0) is 16.1 Å². The van der Waals surface area contributed by atoms with Gasteiger partial charge in [-0.05, 0) is 41.3 Å². The Morgan fingerprint density at radius 3 is 2.25 bits per heavy atom. The fourth-order valence-electron chi connectivity index (χ4n) is 3.87. The third kappa shape index (κ3) is 6.26. The minimum Gasteiger partial charge on any atom is -0.379 e. The van der Waals surface area contributed by atoms with Crippen LogP contribution in [0.15, 0.2) is 78.9 Å². The van der Waals surface area contributed by atoms with Crippen molar-refractivity contribution < 1.29 is 9.53 Å². The Balaban J connectivity index is 1.23. The van der Waals surface area contributed by atoms with Crippen LogP contribution in [0.1, 0.15) is 24.1 Å². The van der Waals surface area contributed by atoms with E-state index in [-0.39, 0.29) is 18.5 Å². The molecule has 1 aliphatic rings. The molecule has 166 valence electrons. The van der Waals surface area contributed by atoms with Gasteiger partial charge in [-0.1, -0.05) is 66.7 Å². The molecule has 2 N–H and O–H groups in total. The highest BCUT2D eigenvalue weighted by Gasteiger charge is 2.11. The standard InChI is InChI=1S/C27H31N3O2/c1-21(23-9-11-25(12-10-23)24-5-3-2-4-6-24)28-19-27(31)29-26-13-7-22(8-14-26)20-30-15-17-32-18-16-30/h2-14,21,28H,15-20H2,1H3,(H,29,31)/t21-/m0/s1. The van der Waals surface area contributed by atoms with Gasteiger partial charge in [0, 0.05) is 31.4 Å². The molecule has 1 saturated heterocycles. The average molecular weight is 430 g/mol. The van der Waals surface area contributed by atoms with Crippen molar-refractivity contribution in [1.29, 1.82) is 0 Å². The molecular formula is C27H31N3O2. The number of rotatable bonds is 8. The van der Waals surface area contributed by atoms with Gasteiger partial charge in [0.25, 0.3) is 0 Å². The van der Waals surface area contributed by atoms with Crippen LogP contribution in [-0.4, -0.2) is 43.7 Å². The molecule has 0 saturated carbocycles. The molecule has 1 fully saturated rings. The molecule has 32 heavy (non-hydrogen) atoms. The van der Waals surface area contributed by atoms with E-state index in [1.807, 2.05) is 30.3 Å². The number of benzene rings is 3. The first kappa shape index (κ1) is 22.2. The van der Waals surface area contributed by atoms with Crippen LogP contribution < -0.4 is 10.6 Å². The minimum atomic E-state index is -0.0429. The summed E-state index contributed by atoms with van der Waals surface area (Å²) in [6.45, 7) is 6.80. The molecule has 0 radical (unpaired) electrons. The number of morpholine rings is 1. The Bertz CT molecular complexity index is 982. The Kier molecular flexibility index (Phi) is 7.67. The van der Waals surface area contributed by atoms with Crippen LogP contribution in [0.25, 0.3) is 11.1 Å². The van der Waals surface area contributed by atoms with Gasteiger partial charge >= 0.3 is 0 Å². The van der Waals surface area contributed by atoms with E-state index in [9.17, 15) is 4.79 Å². The number of carbonyl (C=O) groups is 1. The monoisotopic (exact) mass is 429 g/mol. The predicted octanol–water partition coefficient (Wildman–Crippen LogP) is 4.48. The molecule has 1 aliphatic heterocycles. The van der Waals surface area contributed by atoms with Gasteiger partial charge in [0.2, 0.25) is 5.91 Å². The molecule has 0 aliphatic carbocycles. The molecule has 5 heteroatoms. The lowest BCUT2D eigenvalue weighted by molar-refractivity contribution is -0.115. The molecule has 1 atom stereocenters. The second-order valence-corrected chi connectivity index (χ2v) is 8.22. The second-order valence-electron chi connectivity index (χ2n) is 8.22. The van der Waals surface area contributed by atoms with Crippen LogP contribution in [0.2, 0.25) is 0 Å². The van der Waals surface area contributed by atoms with Crippen molar-refractivity contribution >= 4 is 11.6 Å². The normalized spacial score (nSPS) is 15.3. The topological polar surface area (TPSA) is 53.6 Å². The van der Waals surface area contributed by atoms with E-state index in [1.54, 1.807) is 0 Å². The van der Waals surface area contributed by atoms with E-state index in [2.05, 4.69) is 71.0 Å². The van der Waals surface area contributed by atoms with Crippen LogP contribution in [0.4, 0.5) is 5.69 Å². The fourth-order valence-corrected chi connectivity index (χ4v) is 3.87. The molecule has 0 aromatic heterocycles. The van der Waals surface area contributed by atoms with Crippen molar-refractivity contribution in [2.45, 2.75) is 19.5 Å². The molecule has 0 unspecified atom stereocenters. The van der Waals surface area contributed by atoms with Crippen LogP contribution >= 0.6 is 0 Å². The van der Waals surface area contributed by atoms with Crippen molar-refractivity contribution in [1.82, 2.24) is 10.2 Å². The lowest BCUT2D eigenvalue weighted by Crippen LogP contribution is -2.35. The summed E-state index contributed by atoms with van der Waals surface area (Å²) in [7, 11) is 0. The molecule has 1 amide bonds. The molecular weight excluding hydrogens is 398 g/mol. The van der Waals surface area contributed by atoms with Crippen LogP contribution in [0.5, 0.6) is 0 Å². The zero-order valence-corrected chi connectivity index (χ0v) is 18.6. The Hall–Kier alpha value is -2.99. The molecule has 3 aromatic carbocycles. The Labute approximate surface area is 190 Å². The highest BCUT2D eigenvalue weighted by molar-refractivity contribution is 5.92. The number of nitrogens with zero attached hydrogens (tertiary/aromatic N) is 1. The maximum atomic E-state index is 12.4. The summed E-state index contributed by atoms with van der Waals surface area (Å²) in [5, 5.41) is 6.29. The number of amides is 1. The highest BCUT2D eigenvalue weighted by atomic mass is 16.5. The third-order valence-electron chi connectivity index (χ3n) is 5.83. The first-order valence-corrected chi connectivity index (χ1v) is 11.2. The number of carbonyl (C=O) groups excluding carboxylic acids is 1. The SMILES string of the molecule is C[C@H](NCC(=O)Nc1ccc(CN2CCOCC2)cc1)c1ccc(-c2ccccc2)cc1. The number of nitrogens with one attached hydrogen (secondary N) is 2. The molecule has 1 heterocycles. The maximum Gasteiger partial charge on any atom is 0.238 e. The Morgan fingerprint density at radius 1 is 0.906 bits per heavy atom. The number of anilines is 1. The molecule has 0 bridgehead atoms. The summed E-state index contributed by atoms with van der Waals surface area (Å²) in [5.74, 6) is -0.0429. The quantitative estimate of drug-likeness (QED) is 0.555. The third-order valence-corrected chi connectivity index (χ3v) is 5.83. The number of ether oxygens (including phenoxy) is 1. The van der Waals surface area contributed by atoms with E-state index in [4.69, 9.17) is 4.74 Å². The predicted molar refractivity (Wildman–Crippen MR) is 129 cm³/mol. The highest BCUT2D eigenvalue weighted by Crippen LogP contribution is 2.21. The average Bonchev–Trinajstić information content (AvgIpc) is 2.85. The largest absolute Gasteiger partial charge is 0.379 e. The zero-order valence-electron chi connectivity index (χ0n) is 18.6. The van der Waals surface area contributed by atoms with Crippen LogP contribution in [0, 0.1) is 0 Å². The summed E-state index contributed by atoms with van der Waals surface area (Å²) in [6, 6.07) is 27.0. The first-order chi connectivity index (χ1) is 15.7. The van der Waals surface area contributed by atoms with Crippen molar-refractivity contribution in [3.05, 3.63) is 90.0 Å². The smallest absolute Gasteiger partial charge is 0.238 e. The van der Waals surface area contributed by atoms with Gasteiger partial charge in [-0.15, -0.1) is 0 Å². The number of hydrogen-bond acceptors (Lipinski definition) is 4. The molecule has 5 nitrogen and oxygen atoms in total. The van der Waals surface area contributed by atoms with Gasteiger partial charge in [0.15, 0.2) is 0 Å². The van der Waals surface area contributed by atoms with Crippen molar-refractivity contribution in [2.24, 2.45) is 0 Å². The van der Waals surface area contributed by atoms with E-state index < -0.39 is 0 Å². The molecule has 3 aromatic rings. The van der Waals surface area contributed by atoms with E-state index >= 15 is 0 Å². The molecule has 0 spiro atoms. The maximum absolute atomic E-state index is 12.4. The van der Waals surface area contributed by atoms with Crippen LogP contribution in [0.3, 0.4) is 0 Å². The van der Waals surface area contributed by atoms with E-state index in [0.717, 1.165) is 44.1 Å². The van der Waals surface area contributed by atoms with Crippen molar-refractivity contribution in [3.63, 3.8) is 0 Å². The zero-order chi connectivity index (χ0) is 22.2. The summed E-state index contributed by atoms with van der Waals surface area (Å²) < 4.78 is 5.40. The fraction of sp³-hybridized carbons (Fsp3) is 0.296. The molecule has 4 rings (SSSR count). The summed E-state index contributed by atoms with van der Waals surface area (Å²) in [5.41, 5.74) is 5.62. The number of hydrogen-bond donors (Lipinski definition) is 2. The van der Waals surface area contributed by atoms with Crippen molar-refractivity contribution in [3.8, 4) is 11.1 Å².